The summed E-state index contributed by atoms with van der Waals surface area (Å²) in [5, 5.41) is 10.4. The highest BCUT2D eigenvalue weighted by Gasteiger charge is 2.41. The lowest BCUT2D eigenvalue weighted by molar-refractivity contribution is -0.0530. The van der Waals surface area contributed by atoms with E-state index in [2.05, 4.69) is 17.6 Å². The summed E-state index contributed by atoms with van der Waals surface area (Å²) in [4.78, 5) is 11.4. The van der Waals surface area contributed by atoms with E-state index in [0.717, 1.165) is 44.7 Å². The Morgan fingerprint density at radius 3 is 2.28 bits per heavy atom. The van der Waals surface area contributed by atoms with Crippen LogP contribution >= 0.6 is 0 Å². The van der Waals surface area contributed by atoms with Gasteiger partial charge in [-0.2, -0.15) is 0 Å². The molecule has 196 valence electrons. The maximum absolute atomic E-state index is 13.9. The van der Waals surface area contributed by atoms with Crippen molar-refractivity contribution in [1.82, 2.24) is 4.57 Å². The number of benzene rings is 4. The SMILES string of the molecule is CC1(c2c(Cc3ccc(C(=O)O)cc3)c3c(OCc4ccccc4)cccc3n2-c2ccc(F)cc2)COC1. The summed E-state index contributed by atoms with van der Waals surface area (Å²) in [7, 11) is 0. The normalized spacial score (nSPS) is 14.2. The number of rotatable bonds is 8. The summed E-state index contributed by atoms with van der Waals surface area (Å²) >= 11 is 0. The molecule has 0 aliphatic carbocycles. The van der Waals surface area contributed by atoms with Crippen molar-refractivity contribution in [3.05, 3.63) is 131 Å². The molecule has 1 N–H and O–H groups in total. The smallest absolute Gasteiger partial charge is 0.335 e. The highest BCUT2D eigenvalue weighted by Crippen LogP contribution is 2.44. The molecule has 0 spiro atoms. The number of ether oxygens (including phenoxy) is 2. The Balaban J connectivity index is 1.57. The molecule has 1 fully saturated rings. The number of carboxylic acid groups (broad SMARTS) is 1. The van der Waals surface area contributed by atoms with Crippen molar-refractivity contribution in [3.8, 4) is 11.4 Å². The topological polar surface area (TPSA) is 60.7 Å². The molecule has 6 heteroatoms. The summed E-state index contributed by atoms with van der Waals surface area (Å²) in [5.74, 6) is -0.481. The van der Waals surface area contributed by atoms with Crippen LogP contribution in [0.1, 0.15) is 39.7 Å². The molecule has 2 heterocycles. The average molecular weight is 522 g/mol. The van der Waals surface area contributed by atoms with Gasteiger partial charge in [0.1, 0.15) is 18.2 Å². The lowest BCUT2D eigenvalue weighted by Gasteiger charge is -2.40. The molecule has 5 aromatic rings. The van der Waals surface area contributed by atoms with Crippen LogP contribution in [0.4, 0.5) is 4.39 Å². The van der Waals surface area contributed by atoms with E-state index in [9.17, 15) is 14.3 Å². The molecule has 1 saturated heterocycles. The predicted molar refractivity (Wildman–Crippen MR) is 148 cm³/mol. The minimum absolute atomic E-state index is 0.249. The molecule has 4 aromatic carbocycles. The van der Waals surface area contributed by atoms with Gasteiger partial charge in [-0.25, -0.2) is 9.18 Å². The average Bonchev–Trinajstić information content (AvgIpc) is 3.26. The van der Waals surface area contributed by atoms with Crippen LogP contribution in [0.2, 0.25) is 0 Å². The van der Waals surface area contributed by atoms with Gasteiger partial charge in [0.25, 0.3) is 0 Å². The summed E-state index contributed by atoms with van der Waals surface area (Å²) < 4.78 is 28.3. The number of carbonyl (C=O) groups is 1. The quantitative estimate of drug-likeness (QED) is 0.241. The van der Waals surface area contributed by atoms with Crippen LogP contribution in [-0.2, 0) is 23.2 Å². The molecule has 0 unspecified atom stereocenters. The summed E-state index contributed by atoms with van der Waals surface area (Å²) in [5.41, 5.74) is 6.04. The van der Waals surface area contributed by atoms with Gasteiger partial charge >= 0.3 is 5.97 Å². The molecule has 6 rings (SSSR count). The molecule has 1 aromatic heterocycles. The van der Waals surface area contributed by atoms with Crippen molar-refractivity contribution >= 4 is 16.9 Å². The first kappa shape index (κ1) is 24.9. The van der Waals surface area contributed by atoms with Crippen molar-refractivity contribution in [1.29, 1.82) is 0 Å². The minimum atomic E-state index is -0.953. The maximum Gasteiger partial charge on any atom is 0.335 e. The van der Waals surface area contributed by atoms with Crippen molar-refractivity contribution in [2.75, 3.05) is 13.2 Å². The molecule has 1 aliphatic heterocycles. The highest BCUT2D eigenvalue weighted by molar-refractivity contribution is 5.94. The molecule has 0 radical (unpaired) electrons. The first-order valence-electron chi connectivity index (χ1n) is 12.9. The third-order valence-corrected chi connectivity index (χ3v) is 7.37. The van der Waals surface area contributed by atoms with E-state index in [0.29, 0.717) is 26.2 Å². The van der Waals surface area contributed by atoms with E-state index in [4.69, 9.17) is 9.47 Å². The number of fused-ring (bicyclic) bond motifs is 1. The Hall–Kier alpha value is -4.42. The standard InChI is InChI=1S/C33H28FNO4/c1-33(20-38-21-33)31-27(18-22-10-12-24(13-11-22)32(36)37)30-28(35(31)26-16-14-25(34)15-17-26)8-5-9-29(30)39-19-23-6-3-2-4-7-23/h2-17H,18-21H2,1H3,(H,36,37). The Kier molecular flexibility index (Phi) is 6.41. The van der Waals surface area contributed by atoms with Crippen LogP contribution in [0.3, 0.4) is 0 Å². The van der Waals surface area contributed by atoms with E-state index in [-0.39, 0.29) is 16.8 Å². The molecule has 0 atom stereocenters. The third kappa shape index (κ3) is 4.68. The van der Waals surface area contributed by atoms with Gasteiger partial charge in [-0.15, -0.1) is 0 Å². The van der Waals surface area contributed by atoms with E-state index in [1.807, 2.05) is 54.6 Å². The highest BCUT2D eigenvalue weighted by atomic mass is 19.1. The van der Waals surface area contributed by atoms with Crippen molar-refractivity contribution in [2.45, 2.75) is 25.4 Å². The molecule has 1 aliphatic rings. The van der Waals surface area contributed by atoms with Gasteiger partial charge in [-0.1, -0.05) is 48.5 Å². The first-order valence-corrected chi connectivity index (χ1v) is 12.9. The monoisotopic (exact) mass is 521 g/mol. The Bertz CT molecular complexity index is 1640. The van der Waals surface area contributed by atoms with Gasteiger partial charge in [-0.3, -0.25) is 0 Å². The molecular formula is C33H28FNO4. The van der Waals surface area contributed by atoms with Crippen molar-refractivity contribution in [3.63, 3.8) is 0 Å². The number of aromatic carboxylic acids is 1. The van der Waals surface area contributed by atoms with E-state index >= 15 is 0 Å². The van der Waals surface area contributed by atoms with Crippen LogP contribution in [0.15, 0.2) is 97.1 Å². The van der Waals surface area contributed by atoms with Gasteiger partial charge in [0.2, 0.25) is 0 Å². The van der Waals surface area contributed by atoms with E-state index < -0.39 is 5.97 Å². The van der Waals surface area contributed by atoms with Crippen LogP contribution in [0, 0.1) is 5.82 Å². The number of nitrogens with zero attached hydrogens (tertiary/aromatic N) is 1. The second kappa shape index (κ2) is 10.0. The zero-order valence-electron chi connectivity index (χ0n) is 21.6. The van der Waals surface area contributed by atoms with Crippen molar-refractivity contribution in [2.24, 2.45) is 0 Å². The molecule has 5 nitrogen and oxygen atoms in total. The fourth-order valence-electron chi connectivity index (χ4n) is 5.42. The maximum atomic E-state index is 13.9. The van der Waals surface area contributed by atoms with Gasteiger partial charge in [-0.05, 0) is 72.1 Å². The Labute approximate surface area is 226 Å². The molecular weight excluding hydrogens is 493 g/mol. The fraction of sp³-hybridized carbons (Fsp3) is 0.182. The van der Waals surface area contributed by atoms with Crippen LogP contribution < -0.4 is 4.74 Å². The number of aromatic nitrogens is 1. The van der Waals surface area contributed by atoms with Crippen LogP contribution in [0.25, 0.3) is 16.6 Å². The van der Waals surface area contributed by atoms with Gasteiger partial charge in [0.05, 0.1) is 29.7 Å². The second-order valence-corrected chi connectivity index (χ2v) is 10.3. The minimum Gasteiger partial charge on any atom is -0.488 e. The number of carboxylic acids is 1. The van der Waals surface area contributed by atoms with Gasteiger partial charge in [0.15, 0.2) is 0 Å². The third-order valence-electron chi connectivity index (χ3n) is 7.37. The van der Waals surface area contributed by atoms with Crippen LogP contribution in [0.5, 0.6) is 5.75 Å². The fourth-order valence-corrected chi connectivity index (χ4v) is 5.42. The Morgan fingerprint density at radius 1 is 0.923 bits per heavy atom. The Morgan fingerprint density at radius 2 is 1.64 bits per heavy atom. The number of hydrogen-bond donors (Lipinski definition) is 1. The summed E-state index contributed by atoms with van der Waals surface area (Å²) in [6.45, 7) is 3.74. The van der Waals surface area contributed by atoms with E-state index in [1.54, 1.807) is 24.3 Å². The summed E-state index contributed by atoms with van der Waals surface area (Å²) in [6, 6.07) is 29.6. The molecule has 0 saturated carbocycles. The largest absolute Gasteiger partial charge is 0.488 e. The van der Waals surface area contributed by atoms with Crippen LogP contribution in [-0.4, -0.2) is 28.9 Å². The van der Waals surface area contributed by atoms with Crippen molar-refractivity contribution < 1.29 is 23.8 Å². The zero-order valence-corrected chi connectivity index (χ0v) is 21.6. The summed E-state index contributed by atoms with van der Waals surface area (Å²) in [6.07, 6.45) is 0.571. The number of halogens is 1. The van der Waals surface area contributed by atoms with E-state index in [1.165, 1.54) is 12.1 Å². The predicted octanol–water partition coefficient (Wildman–Crippen LogP) is 6.93. The zero-order chi connectivity index (χ0) is 27.0. The lowest BCUT2D eigenvalue weighted by atomic mass is 9.81. The molecule has 39 heavy (non-hydrogen) atoms. The first-order chi connectivity index (χ1) is 18.9. The lowest BCUT2D eigenvalue weighted by Crippen LogP contribution is -2.46. The molecule has 0 amide bonds. The van der Waals surface area contributed by atoms with Gasteiger partial charge < -0.3 is 19.1 Å². The van der Waals surface area contributed by atoms with Gasteiger partial charge in [0, 0.05) is 23.2 Å². The second-order valence-electron chi connectivity index (χ2n) is 10.3. The number of hydrogen-bond acceptors (Lipinski definition) is 3. The molecule has 0 bridgehead atoms.